The van der Waals surface area contributed by atoms with E-state index in [9.17, 15) is 9.18 Å². The second kappa shape index (κ2) is 8.67. The average molecular weight is 375 g/mol. The van der Waals surface area contributed by atoms with Crippen LogP contribution in [0, 0.1) is 5.92 Å². The van der Waals surface area contributed by atoms with E-state index in [1.807, 2.05) is 11.0 Å². The minimum Gasteiger partial charge on any atom is -0.340 e. The number of piperazine rings is 1. The summed E-state index contributed by atoms with van der Waals surface area (Å²) in [6.45, 7) is 4.52. The van der Waals surface area contributed by atoms with Gasteiger partial charge in [0.2, 0.25) is 5.91 Å². The van der Waals surface area contributed by atoms with Crippen molar-refractivity contribution >= 4 is 5.91 Å². The molecule has 3 fully saturated rings. The number of hydrogen-bond acceptors (Lipinski definition) is 4. The molecule has 4 atom stereocenters. The van der Waals surface area contributed by atoms with E-state index < -0.39 is 6.17 Å². The van der Waals surface area contributed by atoms with Crippen LogP contribution in [0.15, 0.2) is 30.3 Å². The highest BCUT2D eigenvalue weighted by Crippen LogP contribution is 2.33. The second-order valence-electron chi connectivity index (χ2n) is 8.24. The first kappa shape index (κ1) is 18.8. The zero-order valence-electron chi connectivity index (χ0n) is 15.9. The molecule has 3 aliphatic rings. The van der Waals surface area contributed by atoms with Gasteiger partial charge in [-0.3, -0.25) is 20.5 Å². The number of nitrogens with one attached hydrogen (secondary N) is 2. The smallest absolute Gasteiger partial charge is 0.224 e. The Balaban J connectivity index is 1.21. The molecule has 2 heterocycles. The van der Waals surface area contributed by atoms with E-state index in [1.165, 1.54) is 5.56 Å². The molecule has 0 radical (unpaired) electrons. The SMILES string of the molecule is O=C(CC1NNC2CCC(F)CC21)N1CCN(CCc2ccccc2)CC1. The lowest BCUT2D eigenvalue weighted by atomic mass is 9.80. The Hall–Kier alpha value is -1.50. The maximum atomic E-state index is 13.8. The highest BCUT2D eigenvalue weighted by Gasteiger charge is 2.41. The normalized spacial score (nSPS) is 31.7. The number of amides is 1. The number of halogens is 1. The third kappa shape index (κ3) is 4.68. The van der Waals surface area contributed by atoms with E-state index >= 15 is 0 Å². The average Bonchev–Trinajstić information content (AvgIpc) is 3.09. The van der Waals surface area contributed by atoms with Gasteiger partial charge >= 0.3 is 0 Å². The van der Waals surface area contributed by atoms with Crippen LogP contribution in [0.2, 0.25) is 0 Å². The van der Waals surface area contributed by atoms with Gasteiger partial charge in [-0.1, -0.05) is 30.3 Å². The van der Waals surface area contributed by atoms with E-state index in [1.54, 1.807) is 0 Å². The Bertz CT molecular complexity index is 620. The molecule has 6 heteroatoms. The van der Waals surface area contributed by atoms with Crippen molar-refractivity contribution in [3.8, 4) is 0 Å². The van der Waals surface area contributed by atoms with Gasteiger partial charge in [-0.05, 0) is 37.2 Å². The highest BCUT2D eigenvalue weighted by atomic mass is 19.1. The van der Waals surface area contributed by atoms with Gasteiger partial charge in [0, 0.05) is 51.2 Å². The first-order chi connectivity index (χ1) is 13.2. The van der Waals surface area contributed by atoms with Crippen molar-refractivity contribution in [2.24, 2.45) is 5.92 Å². The molecule has 4 unspecified atom stereocenters. The Morgan fingerprint density at radius 1 is 1.07 bits per heavy atom. The number of rotatable bonds is 5. The standard InChI is InChI=1S/C21H31FN4O/c22-17-6-7-19-18(14-17)20(24-23-19)15-21(27)26-12-10-25(11-13-26)9-8-16-4-2-1-3-5-16/h1-5,17-20,23-24H,6-15H2. The Morgan fingerprint density at radius 3 is 2.63 bits per heavy atom. The number of hydrazine groups is 1. The van der Waals surface area contributed by atoms with Crippen LogP contribution in [0.4, 0.5) is 4.39 Å². The highest BCUT2D eigenvalue weighted by molar-refractivity contribution is 5.77. The molecular weight excluding hydrogens is 343 g/mol. The van der Waals surface area contributed by atoms with E-state index in [-0.39, 0.29) is 17.9 Å². The zero-order chi connectivity index (χ0) is 18.6. The van der Waals surface area contributed by atoms with Crippen molar-refractivity contribution in [1.29, 1.82) is 0 Å². The Kier molecular flexibility index (Phi) is 6.05. The largest absolute Gasteiger partial charge is 0.340 e. The summed E-state index contributed by atoms with van der Waals surface area (Å²) in [5, 5.41) is 0. The number of benzene rings is 1. The van der Waals surface area contributed by atoms with Crippen molar-refractivity contribution in [3.05, 3.63) is 35.9 Å². The number of alkyl halides is 1. The lowest BCUT2D eigenvalue weighted by Gasteiger charge is -2.36. The van der Waals surface area contributed by atoms with Gasteiger partial charge in [0.05, 0.1) is 0 Å². The minimum absolute atomic E-state index is 0.0668. The quantitative estimate of drug-likeness (QED) is 0.824. The molecule has 1 aromatic rings. The maximum Gasteiger partial charge on any atom is 0.224 e. The van der Waals surface area contributed by atoms with Crippen molar-refractivity contribution in [2.75, 3.05) is 32.7 Å². The first-order valence-corrected chi connectivity index (χ1v) is 10.4. The molecule has 2 N–H and O–H groups in total. The van der Waals surface area contributed by atoms with Crippen LogP contribution in [0.3, 0.4) is 0 Å². The molecule has 1 aliphatic carbocycles. The maximum absolute atomic E-state index is 13.8. The summed E-state index contributed by atoms with van der Waals surface area (Å²) in [6.07, 6.45) is 2.91. The van der Waals surface area contributed by atoms with Gasteiger partial charge in [0.15, 0.2) is 0 Å². The third-order valence-corrected chi connectivity index (χ3v) is 6.49. The van der Waals surface area contributed by atoms with Gasteiger partial charge in [-0.25, -0.2) is 4.39 Å². The molecule has 1 saturated carbocycles. The van der Waals surface area contributed by atoms with E-state index in [0.717, 1.165) is 45.6 Å². The lowest BCUT2D eigenvalue weighted by molar-refractivity contribution is -0.133. The van der Waals surface area contributed by atoms with Gasteiger partial charge in [0.25, 0.3) is 0 Å². The molecule has 5 nitrogen and oxygen atoms in total. The van der Waals surface area contributed by atoms with Gasteiger partial charge < -0.3 is 4.90 Å². The zero-order valence-corrected chi connectivity index (χ0v) is 15.9. The number of nitrogens with zero attached hydrogens (tertiary/aromatic N) is 2. The van der Waals surface area contributed by atoms with Gasteiger partial charge in [0.1, 0.15) is 6.17 Å². The molecule has 2 saturated heterocycles. The predicted molar refractivity (Wildman–Crippen MR) is 104 cm³/mol. The van der Waals surface area contributed by atoms with Gasteiger partial charge in [-0.15, -0.1) is 0 Å². The molecule has 0 aromatic heterocycles. The lowest BCUT2D eigenvalue weighted by Crippen LogP contribution is -2.50. The predicted octanol–water partition coefficient (Wildman–Crippen LogP) is 1.75. The monoisotopic (exact) mass is 374 g/mol. The fraction of sp³-hybridized carbons (Fsp3) is 0.667. The van der Waals surface area contributed by atoms with E-state index in [4.69, 9.17) is 0 Å². The Labute approximate surface area is 161 Å². The van der Waals surface area contributed by atoms with Crippen molar-refractivity contribution in [3.63, 3.8) is 0 Å². The summed E-state index contributed by atoms with van der Waals surface area (Å²) >= 11 is 0. The topological polar surface area (TPSA) is 47.6 Å². The summed E-state index contributed by atoms with van der Waals surface area (Å²) in [4.78, 5) is 17.2. The number of carbonyl (C=O) groups excluding carboxylic acids is 1. The van der Waals surface area contributed by atoms with Crippen LogP contribution in [0.1, 0.15) is 31.2 Å². The molecular formula is C21H31FN4O. The summed E-state index contributed by atoms with van der Waals surface area (Å²) in [5.41, 5.74) is 7.91. The van der Waals surface area contributed by atoms with Crippen LogP contribution in [0.25, 0.3) is 0 Å². The van der Waals surface area contributed by atoms with Crippen LogP contribution < -0.4 is 10.9 Å². The molecule has 4 rings (SSSR count). The summed E-state index contributed by atoms with van der Waals surface area (Å²) in [6, 6.07) is 10.9. The molecule has 1 aromatic carbocycles. The summed E-state index contributed by atoms with van der Waals surface area (Å²) in [7, 11) is 0. The molecule has 2 aliphatic heterocycles. The number of fused-ring (bicyclic) bond motifs is 1. The van der Waals surface area contributed by atoms with Crippen molar-refractivity contribution in [2.45, 2.75) is 50.4 Å². The van der Waals surface area contributed by atoms with Crippen LogP contribution in [-0.4, -0.2) is 66.7 Å². The number of carbonyl (C=O) groups is 1. The number of hydrogen-bond donors (Lipinski definition) is 2. The fourth-order valence-corrected chi connectivity index (χ4v) is 4.77. The third-order valence-electron chi connectivity index (χ3n) is 6.49. The van der Waals surface area contributed by atoms with Crippen molar-refractivity contribution < 1.29 is 9.18 Å². The van der Waals surface area contributed by atoms with E-state index in [2.05, 4.69) is 40.0 Å². The summed E-state index contributed by atoms with van der Waals surface area (Å²) in [5.74, 6) is 0.448. The fourth-order valence-electron chi connectivity index (χ4n) is 4.77. The van der Waals surface area contributed by atoms with Crippen molar-refractivity contribution in [1.82, 2.24) is 20.7 Å². The minimum atomic E-state index is -0.710. The first-order valence-electron chi connectivity index (χ1n) is 10.4. The van der Waals surface area contributed by atoms with Crippen LogP contribution >= 0.6 is 0 Å². The van der Waals surface area contributed by atoms with Crippen LogP contribution in [0.5, 0.6) is 0 Å². The van der Waals surface area contributed by atoms with Gasteiger partial charge in [-0.2, -0.15) is 0 Å². The summed E-state index contributed by atoms with van der Waals surface area (Å²) < 4.78 is 13.8. The van der Waals surface area contributed by atoms with Crippen LogP contribution in [-0.2, 0) is 11.2 Å². The molecule has 0 bridgehead atoms. The molecule has 1 amide bonds. The van der Waals surface area contributed by atoms with E-state index in [0.29, 0.717) is 25.3 Å². The molecule has 0 spiro atoms. The molecule has 27 heavy (non-hydrogen) atoms. The Morgan fingerprint density at radius 2 is 1.85 bits per heavy atom. The second-order valence-corrected chi connectivity index (χ2v) is 8.24. The molecule has 148 valence electrons.